The van der Waals surface area contributed by atoms with Gasteiger partial charge >= 0.3 is 5.97 Å². The molecule has 3 unspecified atom stereocenters. The van der Waals surface area contributed by atoms with Gasteiger partial charge in [0.2, 0.25) is 0 Å². The van der Waals surface area contributed by atoms with E-state index in [2.05, 4.69) is 12.2 Å². The fourth-order valence-electron chi connectivity index (χ4n) is 2.67. The number of esters is 1. The van der Waals surface area contributed by atoms with Gasteiger partial charge in [-0.2, -0.15) is 0 Å². The number of carbonyl (C=O) groups is 1. The van der Waals surface area contributed by atoms with Gasteiger partial charge in [0.05, 0.1) is 7.11 Å². The molecule has 1 fully saturated rings. The maximum Gasteiger partial charge on any atom is 0.322 e. The van der Waals surface area contributed by atoms with Gasteiger partial charge in [-0.25, -0.2) is 0 Å². The van der Waals surface area contributed by atoms with Crippen LogP contribution in [0.5, 0.6) is 0 Å². The standard InChI is InChI=1S/C13H25NO2/c1-4-10-8-6-7-9-12(10)14-11(5-2)13(15)16-3/h10-12,14H,4-9H2,1-3H3. The van der Waals surface area contributed by atoms with Gasteiger partial charge in [-0.15, -0.1) is 0 Å². The number of hydrogen-bond acceptors (Lipinski definition) is 3. The molecule has 0 saturated heterocycles. The molecule has 0 bridgehead atoms. The van der Waals surface area contributed by atoms with E-state index in [9.17, 15) is 4.79 Å². The quantitative estimate of drug-likeness (QED) is 0.733. The van der Waals surface area contributed by atoms with Gasteiger partial charge in [0.1, 0.15) is 6.04 Å². The van der Waals surface area contributed by atoms with E-state index in [1.54, 1.807) is 0 Å². The summed E-state index contributed by atoms with van der Waals surface area (Å²) in [7, 11) is 1.46. The maximum atomic E-state index is 11.5. The van der Waals surface area contributed by atoms with Gasteiger partial charge in [-0.05, 0) is 25.2 Å². The van der Waals surface area contributed by atoms with Crippen molar-refractivity contribution in [3.05, 3.63) is 0 Å². The summed E-state index contributed by atoms with van der Waals surface area (Å²) < 4.78 is 4.81. The molecule has 0 aromatic carbocycles. The van der Waals surface area contributed by atoms with E-state index in [4.69, 9.17) is 4.74 Å². The minimum Gasteiger partial charge on any atom is -0.468 e. The summed E-state index contributed by atoms with van der Waals surface area (Å²) in [4.78, 5) is 11.5. The fraction of sp³-hybridized carbons (Fsp3) is 0.923. The third-order valence-electron chi connectivity index (χ3n) is 3.74. The summed E-state index contributed by atoms with van der Waals surface area (Å²) in [6.45, 7) is 4.27. The lowest BCUT2D eigenvalue weighted by molar-refractivity contribution is -0.143. The summed E-state index contributed by atoms with van der Waals surface area (Å²) in [6, 6.07) is 0.380. The van der Waals surface area contributed by atoms with Crippen molar-refractivity contribution >= 4 is 5.97 Å². The van der Waals surface area contributed by atoms with E-state index < -0.39 is 0 Å². The minimum absolute atomic E-state index is 0.122. The monoisotopic (exact) mass is 227 g/mol. The largest absolute Gasteiger partial charge is 0.468 e. The van der Waals surface area contributed by atoms with Crippen LogP contribution in [-0.2, 0) is 9.53 Å². The smallest absolute Gasteiger partial charge is 0.322 e. The zero-order chi connectivity index (χ0) is 12.0. The lowest BCUT2D eigenvalue weighted by atomic mass is 9.82. The van der Waals surface area contributed by atoms with Crippen LogP contribution in [0.4, 0.5) is 0 Å². The van der Waals surface area contributed by atoms with Crippen LogP contribution in [0.2, 0.25) is 0 Å². The molecule has 16 heavy (non-hydrogen) atoms. The van der Waals surface area contributed by atoms with Crippen LogP contribution in [0.25, 0.3) is 0 Å². The Labute approximate surface area is 98.9 Å². The second kappa shape index (κ2) is 6.89. The third kappa shape index (κ3) is 3.48. The summed E-state index contributed by atoms with van der Waals surface area (Å²) >= 11 is 0. The highest BCUT2D eigenvalue weighted by Gasteiger charge is 2.27. The van der Waals surface area contributed by atoms with Crippen molar-refractivity contribution in [2.24, 2.45) is 5.92 Å². The first kappa shape index (κ1) is 13.5. The Balaban J connectivity index is 2.51. The second-order valence-electron chi connectivity index (χ2n) is 4.71. The molecule has 3 atom stereocenters. The molecule has 0 aliphatic heterocycles. The Kier molecular flexibility index (Phi) is 5.81. The first-order valence-corrected chi connectivity index (χ1v) is 6.56. The number of hydrogen-bond donors (Lipinski definition) is 1. The Hall–Kier alpha value is -0.570. The average molecular weight is 227 g/mol. The summed E-state index contributed by atoms with van der Waals surface area (Å²) in [5.41, 5.74) is 0. The predicted octanol–water partition coefficient (Wildman–Crippen LogP) is 2.50. The van der Waals surface area contributed by atoms with Crippen LogP contribution in [-0.4, -0.2) is 25.2 Å². The zero-order valence-corrected chi connectivity index (χ0v) is 10.8. The highest BCUT2D eigenvalue weighted by Crippen LogP contribution is 2.27. The van der Waals surface area contributed by atoms with Crippen molar-refractivity contribution in [3.8, 4) is 0 Å². The molecule has 0 aromatic rings. The van der Waals surface area contributed by atoms with E-state index in [1.807, 2.05) is 6.92 Å². The van der Waals surface area contributed by atoms with Gasteiger partial charge in [0, 0.05) is 6.04 Å². The summed E-state index contributed by atoms with van der Waals surface area (Å²) in [5.74, 6) is 0.607. The first-order valence-electron chi connectivity index (χ1n) is 6.56. The van der Waals surface area contributed by atoms with Crippen molar-refractivity contribution in [2.75, 3.05) is 7.11 Å². The molecule has 94 valence electrons. The molecular formula is C13H25NO2. The van der Waals surface area contributed by atoms with Crippen molar-refractivity contribution in [3.63, 3.8) is 0 Å². The summed E-state index contributed by atoms with van der Waals surface area (Å²) in [5, 5.41) is 3.48. The van der Waals surface area contributed by atoms with Crippen molar-refractivity contribution in [1.82, 2.24) is 5.32 Å². The molecule has 0 radical (unpaired) electrons. The lowest BCUT2D eigenvalue weighted by Gasteiger charge is -2.33. The molecule has 1 N–H and O–H groups in total. The molecule has 1 aliphatic carbocycles. The molecule has 1 aliphatic rings. The van der Waals surface area contributed by atoms with Gasteiger partial charge in [0.15, 0.2) is 0 Å². The van der Waals surface area contributed by atoms with Crippen LogP contribution in [0, 0.1) is 5.92 Å². The minimum atomic E-state index is -0.123. The Morgan fingerprint density at radius 3 is 2.62 bits per heavy atom. The molecule has 0 spiro atoms. The van der Waals surface area contributed by atoms with Gasteiger partial charge in [-0.1, -0.05) is 33.1 Å². The van der Waals surface area contributed by atoms with E-state index in [0.717, 1.165) is 12.3 Å². The van der Waals surface area contributed by atoms with Crippen LogP contribution < -0.4 is 5.32 Å². The lowest BCUT2D eigenvalue weighted by Crippen LogP contribution is -2.47. The van der Waals surface area contributed by atoms with Crippen LogP contribution in [0.3, 0.4) is 0 Å². The molecule has 3 heteroatoms. The Bertz CT molecular complexity index is 218. The van der Waals surface area contributed by atoms with Gasteiger partial charge < -0.3 is 10.1 Å². The second-order valence-corrected chi connectivity index (χ2v) is 4.71. The van der Waals surface area contributed by atoms with E-state index >= 15 is 0 Å². The SMILES string of the molecule is CCC(NC1CCCCC1CC)C(=O)OC. The van der Waals surface area contributed by atoms with Crippen LogP contribution in [0.15, 0.2) is 0 Å². The Morgan fingerprint density at radius 2 is 2.06 bits per heavy atom. The summed E-state index contributed by atoms with van der Waals surface area (Å²) in [6.07, 6.45) is 7.13. The molecule has 0 heterocycles. The normalized spacial score (nSPS) is 27.4. The highest BCUT2D eigenvalue weighted by molar-refractivity contribution is 5.75. The molecule has 3 nitrogen and oxygen atoms in total. The van der Waals surface area contributed by atoms with Crippen molar-refractivity contribution < 1.29 is 9.53 Å². The number of carbonyl (C=O) groups excluding carboxylic acids is 1. The average Bonchev–Trinajstić information content (AvgIpc) is 2.35. The van der Waals surface area contributed by atoms with E-state index in [0.29, 0.717) is 6.04 Å². The fourth-order valence-corrected chi connectivity index (χ4v) is 2.67. The predicted molar refractivity (Wildman–Crippen MR) is 65.3 cm³/mol. The number of methoxy groups -OCH3 is 1. The van der Waals surface area contributed by atoms with Gasteiger partial charge in [0.25, 0.3) is 0 Å². The van der Waals surface area contributed by atoms with Crippen molar-refractivity contribution in [1.29, 1.82) is 0 Å². The van der Waals surface area contributed by atoms with Gasteiger partial charge in [-0.3, -0.25) is 4.79 Å². The first-order chi connectivity index (χ1) is 7.72. The Morgan fingerprint density at radius 1 is 1.38 bits per heavy atom. The molecule has 1 saturated carbocycles. The van der Waals surface area contributed by atoms with E-state index in [-0.39, 0.29) is 12.0 Å². The number of nitrogens with one attached hydrogen (secondary N) is 1. The highest BCUT2D eigenvalue weighted by atomic mass is 16.5. The molecule has 1 rings (SSSR count). The van der Waals surface area contributed by atoms with Crippen LogP contribution >= 0.6 is 0 Å². The molecule has 0 aromatic heterocycles. The maximum absolute atomic E-state index is 11.5. The van der Waals surface area contributed by atoms with Crippen LogP contribution in [0.1, 0.15) is 52.4 Å². The third-order valence-corrected chi connectivity index (χ3v) is 3.74. The molecule has 0 amide bonds. The van der Waals surface area contributed by atoms with Crippen molar-refractivity contribution in [2.45, 2.75) is 64.5 Å². The molecular weight excluding hydrogens is 202 g/mol. The van der Waals surface area contributed by atoms with E-state index in [1.165, 1.54) is 39.2 Å². The number of ether oxygens (including phenoxy) is 1. The number of rotatable bonds is 5. The zero-order valence-electron chi connectivity index (χ0n) is 10.8. The topological polar surface area (TPSA) is 38.3 Å².